The first kappa shape index (κ1) is 17.8. The van der Waals surface area contributed by atoms with Crippen molar-refractivity contribution in [3.8, 4) is 5.75 Å². The zero-order valence-electron chi connectivity index (χ0n) is 13.6. The zero-order valence-corrected chi connectivity index (χ0v) is 14.4. The Bertz CT molecular complexity index is 654. The van der Waals surface area contributed by atoms with Gasteiger partial charge in [-0.05, 0) is 38.2 Å². The maximum Gasteiger partial charge on any atom is 0.147 e. The third-order valence-corrected chi connectivity index (χ3v) is 5.43. The van der Waals surface area contributed by atoms with Crippen LogP contribution in [-0.2, 0) is 9.84 Å². The summed E-state index contributed by atoms with van der Waals surface area (Å²) in [5, 5.41) is 9.82. The number of anilines is 2. The lowest BCUT2D eigenvalue weighted by molar-refractivity contribution is 0.368. The first-order chi connectivity index (χ1) is 10.7. The van der Waals surface area contributed by atoms with Gasteiger partial charge in [0.1, 0.15) is 21.8 Å². The first-order valence-corrected chi connectivity index (χ1v) is 9.92. The molecule has 0 aliphatic carbocycles. The Hall–Kier alpha value is -1.50. The number of sulfone groups is 1. The third-order valence-electron chi connectivity index (χ3n) is 4.46. The number of phenolic OH excluding ortho intramolecular Hbond substituents is 1. The summed E-state index contributed by atoms with van der Waals surface area (Å²) in [5.41, 5.74) is 7.00. The van der Waals surface area contributed by atoms with Crippen molar-refractivity contribution in [1.29, 1.82) is 0 Å². The van der Waals surface area contributed by atoms with Crippen LogP contribution in [0.4, 0.5) is 15.8 Å². The summed E-state index contributed by atoms with van der Waals surface area (Å²) < 4.78 is 36.4. The van der Waals surface area contributed by atoms with Gasteiger partial charge in [0.2, 0.25) is 0 Å². The fourth-order valence-electron chi connectivity index (χ4n) is 3.05. The van der Waals surface area contributed by atoms with Crippen molar-refractivity contribution >= 4 is 21.2 Å². The van der Waals surface area contributed by atoms with Gasteiger partial charge in [0.05, 0.1) is 11.4 Å². The van der Waals surface area contributed by atoms with Crippen molar-refractivity contribution in [1.82, 2.24) is 0 Å². The Morgan fingerprint density at radius 2 is 2.00 bits per heavy atom. The lowest BCUT2D eigenvalue weighted by atomic mass is 9.93. The Kier molecular flexibility index (Phi) is 5.39. The smallest absolute Gasteiger partial charge is 0.147 e. The van der Waals surface area contributed by atoms with Crippen molar-refractivity contribution in [3.63, 3.8) is 0 Å². The van der Waals surface area contributed by atoms with Crippen LogP contribution in [-0.4, -0.2) is 38.6 Å². The molecule has 1 unspecified atom stereocenters. The van der Waals surface area contributed by atoms with Crippen LogP contribution in [0, 0.1) is 5.92 Å². The molecule has 0 spiro atoms. The van der Waals surface area contributed by atoms with Crippen LogP contribution in [0.15, 0.2) is 12.1 Å². The van der Waals surface area contributed by atoms with Crippen molar-refractivity contribution < 1.29 is 17.9 Å². The van der Waals surface area contributed by atoms with Gasteiger partial charge in [-0.3, -0.25) is 0 Å². The van der Waals surface area contributed by atoms with E-state index < -0.39 is 16.0 Å². The molecule has 1 aromatic carbocycles. The Balaban J connectivity index is 2.07. The van der Waals surface area contributed by atoms with Gasteiger partial charge in [0.25, 0.3) is 0 Å². The second-order valence-electron chi connectivity index (χ2n) is 6.43. The minimum Gasteiger partial charge on any atom is -0.506 e. The minimum absolute atomic E-state index is 0.0383. The van der Waals surface area contributed by atoms with Crippen LogP contribution in [0.25, 0.3) is 0 Å². The fraction of sp³-hybridized carbons (Fsp3) is 0.625. The number of hydrogen-bond acceptors (Lipinski definition) is 5. The van der Waals surface area contributed by atoms with Crippen LogP contribution in [0.5, 0.6) is 5.75 Å². The summed E-state index contributed by atoms with van der Waals surface area (Å²) in [6.45, 7) is 2.89. The fourth-order valence-corrected chi connectivity index (χ4v) is 3.81. The second-order valence-corrected chi connectivity index (χ2v) is 8.69. The number of alkyl halides is 1. The van der Waals surface area contributed by atoms with Crippen LogP contribution in [0.3, 0.4) is 0 Å². The first-order valence-electron chi connectivity index (χ1n) is 7.86. The van der Waals surface area contributed by atoms with Gasteiger partial charge >= 0.3 is 0 Å². The number of piperidine rings is 1. The molecule has 0 bridgehead atoms. The highest BCUT2D eigenvalue weighted by Crippen LogP contribution is 2.37. The zero-order chi connectivity index (χ0) is 17.2. The average molecular weight is 344 g/mol. The van der Waals surface area contributed by atoms with E-state index in [2.05, 4.69) is 0 Å². The van der Waals surface area contributed by atoms with Crippen LogP contribution in [0.2, 0.25) is 0 Å². The summed E-state index contributed by atoms with van der Waals surface area (Å²) in [6.07, 6.45) is 2.48. The minimum atomic E-state index is -2.93. The van der Waals surface area contributed by atoms with Crippen molar-refractivity contribution in [2.24, 2.45) is 5.92 Å². The molecule has 1 atom stereocenters. The molecule has 7 heteroatoms. The van der Waals surface area contributed by atoms with Gasteiger partial charge in [-0.2, -0.15) is 0 Å². The van der Waals surface area contributed by atoms with E-state index in [0.717, 1.165) is 25.9 Å². The normalized spacial score (nSPS) is 18.1. The van der Waals surface area contributed by atoms with Gasteiger partial charge in [0.15, 0.2) is 0 Å². The molecular weight excluding hydrogens is 319 g/mol. The maximum atomic E-state index is 13.9. The molecule has 23 heavy (non-hydrogen) atoms. The lowest BCUT2D eigenvalue weighted by Crippen LogP contribution is -2.35. The molecular formula is C16H25FN2O3S. The second kappa shape index (κ2) is 6.95. The highest BCUT2D eigenvalue weighted by Gasteiger charge is 2.24. The van der Waals surface area contributed by atoms with Gasteiger partial charge in [-0.15, -0.1) is 0 Å². The van der Waals surface area contributed by atoms with Crippen molar-refractivity contribution in [3.05, 3.63) is 17.7 Å². The quantitative estimate of drug-likeness (QED) is 0.634. The molecule has 3 N–H and O–H groups in total. The maximum absolute atomic E-state index is 13.9. The molecule has 1 aliphatic rings. The number of nitrogens with zero attached hydrogens (tertiary/aromatic N) is 1. The van der Waals surface area contributed by atoms with E-state index in [-0.39, 0.29) is 17.2 Å². The molecule has 0 saturated carbocycles. The van der Waals surface area contributed by atoms with Gasteiger partial charge in [-0.25, -0.2) is 12.8 Å². The summed E-state index contributed by atoms with van der Waals surface area (Å²) in [4.78, 5) is 2.04. The van der Waals surface area contributed by atoms with E-state index in [0.29, 0.717) is 23.6 Å². The van der Waals surface area contributed by atoms with E-state index in [9.17, 15) is 17.9 Å². The van der Waals surface area contributed by atoms with Crippen LogP contribution in [0.1, 0.15) is 37.9 Å². The Labute approximate surface area is 137 Å². The molecule has 0 radical (unpaired) electrons. The topological polar surface area (TPSA) is 83.6 Å². The number of phenols is 1. The van der Waals surface area contributed by atoms with Crippen molar-refractivity contribution in [2.75, 3.05) is 35.7 Å². The van der Waals surface area contributed by atoms with Crippen LogP contribution < -0.4 is 10.6 Å². The number of benzene rings is 1. The molecule has 1 heterocycles. The van der Waals surface area contributed by atoms with E-state index in [1.807, 2.05) is 4.90 Å². The van der Waals surface area contributed by atoms with E-state index in [1.54, 1.807) is 0 Å². The monoisotopic (exact) mass is 344 g/mol. The summed E-state index contributed by atoms with van der Waals surface area (Å²) in [5.74, 6) is 0.547. The van der Waals surface area contributed by atoms with E-state index in [1.165, 1.54) is 25.3 Å². The predicted molar refractivity (Wildman–Crippen MR) is 91.3 cm³/mol. The molecule has 130 valence electrons. The number of rotatable bonds is 5. The SMILES string of the molecule is CC(F)c1cc(N)c(O)cc1N1CCC(CCS(C)(=O)=O)CC1. The summed E-state index contributed by atoms with van der Waals surface area (Å²) in [7, 11) is -2.93. The van der Waals surface area contributed by atoms with Gasteiger partial charge in [-0.1, -0.05) is 0 Å². The Morgan fingerprint density at radius 1 is 1.39 bits per heavy atom. The number of nitrogens with two attached hydrogens (primary N) is 1. The van der Waals surface area contributed by atoms with E-state index in [4.69, 9.17) is 5.73 Å². The highest BCUT2D eigenvalue weighted by molar-refractivity contribution is 7.90. The van der Waals surface area contributed by atoms with Crippen molar-refractivity contribution in [2.45, 2.75) is 32.4 Å². The van der Waals surface area contributed by atoms with Gasteiger partial charge < -0.3 is 15.7 Å². The van der Waals surface area contributed by atoms with Gasteiger partial charge in [0, 0.05) is 36.7 Å². The molecule has 1 saturated heterocycles. The van der Waals surface area contributed by atoms with Crippen LogP contribution >= 0.6 is 0 Å². The molecule has 2 rings (SSSR count). The number of halogens is 1. The molecule has 1 fully saturated rings. The Morgan fingerprint density at radius 3 is 2.52 bits per heavy atom. The molecule has 5 nitrogen and oxygen atoms in total. The summed E-state index contributed by atoms with van der Waals surface area (Å²) >= 11 is 0. The third kappa shape index (κ3) is 4.73. The molecule has 1 aromatic rings. The standard InChI is InChI=1S/C16H25FN2O3S/c1-11(17)13-9-14(18)16(20)10-15(13)19-6-3-12(4-7-19)5-8-23(2,21)22/h9-12,20H,3-8,18H2,1-2H3. The molecule has 0 aromatic heterocycles. The number of nitrogen functional groups attached to an aromatic ring is 1. The van der Waals surface area contributed by atoms with E-state index >= 15 is 0 Å². The predicted octanol–water partition coefficient (Wildman–Crippen LogP) is 2.66. The highest BCUT2D eigenvalue weighted by atomic mass is 32.2. The molecule has 0 amide bonds. The largest absolute Gasteiger partial charge is 0.506 e. The molecule has 1 aliphatic heterocycles. The average Bonchev–Trinajstić information content (AvgIpc) is 2.47. The summed E-state index contributed by atoms with van der Waals surface area (Å²) in [6, 6.07) is 3.02. The number of hydrogen-bond donors (Lipinski definition) is 2. The lowest BCUT2D eigenvalue weighted by Gasteiger charge is -2.35. The number of aromatic hydroxyl groups is 1.